The maximum absolute atomic E-state index is 11.8. The normalized spacial score (nSPS) is 17.3. The van der Waals surface area contributed by atoms with Gasteiger partial charge in [-0.3, -0.25) is 9.69 Å². The van der Waals surface area contributed by atoms with Crippen molar-refractivity contribution in [3.05, 3.63) is 0 Å². The topological polar surface area (TPSA) is 32.3 Å². The lowest BCUT2D eigenvalue weighted by Crippen LogP contribution is -2.48. The third-order valence-electron chi connectivity index (χ3n) is 2.52. The van der Waals surface area contributed by atoms with E-state index in [1.807, 2.05) is 20.8 Å². The van der Waals surface area contributed by atoms with Gasteiger partial charge in [-0.1, -0.05) is 0 Å². The van der Waals surface area contributed by atoms with Gasteiger partial charge in [-0.05, 0) is 47.5 Å². The Morgan fingerprint density at radius 2 is 1.93 bits per heavy atom. The largest absolute Gasteiger partial charge is 0.350 e. The van der Waals surface area contributed by atoms with Gasteiger partial charge in [0, 0.05) is 17.6 Å². The molecule has 0 spiro atoms. The Balaban J connectivity index is 2.41. The average Bonchev–Trinajstić information content (AvgIpc) is 2.78. The van der Waals surface area contributed by atoms with Crippen molar-refractivity contribution >= 4 is 5.91 Å². The molecule has 0 aromatic carbocycles. The molecule has 1 N–H and O–H groups in total. The Bertz CT molecular complexity index is 224. The van der Waals surface area contributed by atoms with E-state index in [0.29, 0.717) is 18.6 Å². The highest BCUT2D eigenvalue weighted by Crippen LogP contribution is 2.28. The molecule has 0 unspecified atom stereocenters. The van der Waals surface area contributed by atoms with Gasteiger partial charge in [0.15, 0.2) is 0 Å². The molecule has 15 heavy (non-hydrogen) atoms. The van der Waals surface area contributed by atoms with Gasteiger partial charge in [-0.2, -0.15) is 0 Å². The van der Waals surface area contributed by atoms with Gasteiger partial charge in [0.1, 0.15) is 0 Å². The maximum Gasteiger partial charge on any atom is 0.234 e. The van der Waals surface area contributed by atoms with E-state index in [2.05, 4.69) is 24.1 Å². The molecule has 0 radical (unpaired) electrons. The summed E-state index contributed by atoms with van der Waals surface area (Å²) in [5.74, 6) is 0.142. The highest BCUT2D eigenvalue weighted by atomic mass is 16.2. The standard InChI is InChI=1S/C12H24N2O/c1-9(2)14(10-6-7-10)8-11(15)13-12(3,4)5/h9-10H,6-8H2,1-5H3,(H,13,15). The van der Waals surface area contributed by atoms with E-state index in [0.717, 1.165) is 0 Å². The smallest absolute Gasteiger partial charge is 0.234 e. The van der Waals surface area contributed by atoms with E-state index in [-0.39, 0.29) is 11.4 Å². The predicted molar refractivity (Wildman–Crippen MR) is 62.8 cm³/mol. The van der Waals surface area contributed by atoms with E-state index in [1.54, 1.807) is 0 Å². The van der Waals surface area contributed by atoms with Crippen LogP contribution in [-0.4, -0.2) is 35.0 Å². The number of hydrogen-bond acceptors (Lipinski definition) is 2. The summed E-state index contributed by atoms with van der Waals surface area (Å²) in [4.78, 5) is 14.0. The van der Waals surface area contributed by atoms with Crippen LogP contribution in [0.15, 0.2) is 0 Å². The maximum atomic E-state index is 11.8. The molecule has 1 saturated carbocycles. The van der Waals surface area contributed by atoms with E-state index in [4.69, 9.17) is 0 Å². The van der Waals surface area contributed by atoms with Gasteiger partial charge in [0.05, 0.1) is 6.54 Å². The van der Waals surface area contributed by atoms with Crippen molar-refractivity contribution < 1.29 is 4.79 Å². The minimum Gasteiger partial charge on any atom is -0.350 e. The number of rotatable bonds is 4. The van der Waals surface area contributed by atoms with Crippen molar-refractivity contribution in [3.63, 3.8) is 0 Å². The van der Waals surface area contributed by atoms with Gasteiger partial charge < -0.3 is 5.32 Å². The SMILES string of the molecule is CC(C)N(CC(=O)NC(C)(C)C)C1CC1. The second-order valence-corrected chi connectivity index (χ2v) is 5.80. The van der Waals surface area contributed by atoms with Crippen molar-refractivity contribution in [1.82, 2.24) is 10.2 Å². The molecule has 0 saturated heterocycles. The molecule has 3 heteroatoms. The van der Waals surface area contributed by atoms with Crippen molar-refractivity contribution in [2.24, 2.45) is 0 Å². The number of carbonyl (C=O) groups excluding carboxylic acids is 1. The van der Waals surface area contributed by atoms with Gasteiger partial charge in [0.25, 0.3) is 0 Å². The first-order chi connectivity index (χ1) is 6.79. The Morgan fingerprint density at radius 1 is 1.40 bits per heavy atom. The lowest BCUT2D eigenvalue weighted by atomic mass is 10.1. The Morgan fingerprint density at radius 3 is 2.27 bits per heavy atom. The molecule has 1 aliphatic carbocycles. The summed E-state index contributed by atoms with van der Waals surface area (Å²) in [6.07, 6.45) is 2.50. The zero-order chi connectivity index (χ0) is 11.6. The zero-order valence-corrected chi connectivity index (χ0v) is 10.6. The fourth-order valence-electron chi connectivity index (χ4n) is 1.76. The van der Waals surface area contributed by atoms with E-state index < -0.39 is 0 Å². The van der Waals surface area contributed by atoms with Crippen LogP contribution in [0.4, 0.5) is 0 Å². The van der Waals surface area contributed by atoms with Gasteiger partial charge >= 0.3 is 0 Å². The fourth-order valence-corrected chi connectivity index (χ4v) is 1.76. The number of amides is 1. The summed E-state index contributed by atoms with van der Waals surface area (Å²) < 4.78 is 0. The summed E-state index contributed by atoms with van der Waals surface area (Å²) >= 11 is 0. The van der Waals surface area contributed by atoms with Crippen LogP contribution < -0.4 is 5.32 Å². The third-order valence-corrected chi connectivity index (χ3v) is 2.52. The number of nitrogens with zero attached hydrogens (tertiary/aromatic N) is 1. The van der Waals surface area contributed by atoms with Crippen molar-refractivity contribution in [2.75, 3.05) is 6.54 Å². The molecule has 1 aliphatic rings. The molecular weight excluding hydrogens is 188 g/mol. The first-order valence-electron chi connectivity index (χ1n) is 5.86. The minimum absolute atomic E-state index is 0.122. The fraction of sp³-hybridized carbons (Fsp3) is 0.917. The highest BCUT2D eigenvalue weighted by Gasteiger charge is 2.32. The van der Waals surface area contributed by atoms with Crippen molar-refractivity contribution in [3.8, 4) is 0 Å². The molecule has 1 fully saturated rings. The summed E-state index contributed by atoms with van der Waals surface area (Å²) in [6.45, 7) is 10.9. The van der Waals surface area contributed by atoms with Gasteiger partial charge in [-0.15, -0.1) is 0 Å². The summed E-state index contributed by atoms with van der Waals surface area (Å²) in [5.41, 5.74) is -0.122. The molecule has 3 nitrogen and oxygen atoms in total. The first-order valence-corrected chi connectivity index (χ1v) is 5.86. The van der Waals surface area contributed by atoms with E-state index >= 15 is 0 Å². The average molecular weight is 212 g/mol. The summed E-state index contributed by atoms with van der Waals surface area (Å²) in [7, 11) is 0. The predicted octanol–water partition coefficient (Wildman–Crippen LogP) is 1.77. The molecule has 1 rings (SSSR count). The van der Waals surface area contributed by atoms with Crippen LogP contribution in [-0.2, 0) is 4.79 Å². The van der Waals surface area contributed by atoms with Crippen molar-refractivity contribution in [1.29, 1.82) is 0 Å². The molecule has 0 aromatic heterocycles. The quantitative estimate of drug-likeness (QED) is 0.770. The van der Waals surface area contributed by atoms with Crippen LogP contribution in [0.1, 0.15) is 47.5 Å². The molecule has 0 heterocycles. The molecular formula is C12H24N2O. The molecule has 0 aromatic rings. The Kier molecular flexibility index (Phi) is 3.77. The molecule has 88 valence electrons. The van der Waals surface area contributed by atoms with Crippen molar-refractivity contribution in [2.45, 2.75) is 65.1 Å². The zero-order valence-electron chi connectivity index (χ0n) is 10.6. The van der Waals surface area contributed by atoms with Crippen LogP contribution in [0.5, 0.6) is 0 Å². The Hall–Kier alpha value is -0.570. The number of carbonyl (C=O) groups is 1. The summed E-state index contributed by atoms with van der Waals surface area (Å²) in [5, 5.41) is 3.01. The molecule has 0 bridgehead atoms. The monoisotopic (exact) mass is 212 g/mol. The van der Waals surface area contributed by atoms with E-state index in [1.165, 1.54) is 12.8 Å². The highest BCUT2D eigenvalue weighted by molar-refractivity contribution is 5.78. The minimum atomic E-state index is -0.122. The van der Waals surface area contributed by atoms with Crippen LogP contribution >= 0.6 is 0 Å². The van der Waals surface area contributed by atoms with Crippen LogP contribution in [0.3, 0.4) is 0 Å². The third kappa shape index (κ3) is 4.65. The van der Waals surface area contributed by atoms with E-state index in [9.17, 15) is 4.79 Å². The second kappa shape index (κ2) is 4.52. The van der Waals surface area contributed by atoms with Crippen LogP contribution in [0, 0.1) is 0 Å². The lowest BCUT2D eigenvalue weighted by Gasteiger charge is -2.28. The second-order valence-electron chi connectivity index (χ2n) is 5.80. The Labute approximate surface area is 93.2 Å². The molecule has 0 aliphatic heterocycles. The van der Waals surface area contributed by atoms with Crippen LogP contribution in [0.25, 0.3) is 0 Å². The van der Waals surface area contributed by atoms with Gasteiger partial charge in [-0.25, -0.2) is 0 Å². The number of nitrogens with one attached hydrogen (secondary N) is 1. The van der Waals surface area contributed by atoms with Gasteiger partial charge in [0.2, 0.25) is 5.91 Å². The number of hydrogen-bond donors (Lipinski definition) is 1. The lowest BCUT2D eigenvalue weighted by molar-refractivity contribution is -0.124. The first kappa shape index (κ1) is 12.5. The summed E-state index contributed by atoms with van der Waals surface area (Å²) in [6, 6.07) is 1.11. The molecule has 0 atom stereocenters. The molecule has 1 amide bonds. The van der Waals surface area contributed by atoms with Crippen LogP contribution in [0.2, 0.25) is 0 Å².